The fourth-order valence-electron chi connectivity index (χ4n) is 4.84. The number of rotatable bonds is 5. The molecule has 1 aliphatic heterocycles. The summed E-state index contributed by atoms with van der Waals surface area (Å²) in [6, 6.07) is 10.8. The molecule has 144 valence electrons. The van der Waals surface area contributed by atoms with Gasteiger partial charge in [0, 0.05) is 37.4 Å². The van der Waals surface area contributed by atoms with Crippen molar-refractivity contribution >= 4 is 5.91 Å². The van der Waals surface area contributed by atoms with Crippen LogP contribution >= 0.6 is 0 Å². The van der Waals surface area contributed by atoms with E-state index in [1.54, 1.807) is 0 Å². The number of aromatic nitrogens is 2. The summed E-state index contributed by atoms with van der Waals surface area (Å²) >= 11 is 0. The molecule has 0 radical (unpaired) electrons. The maximum Gasteiger partial charge on any atom is 0.233 e. The second kappa shape index (κ2) is 7.14. The fraction of sp³-hybridized carbons (Fsp3) is 0.565. The van der Waals surface area contributed by atoms with E-state index in [1.807, 2.05) is 12.3 Å². The molecule has 1 saturated heterocycles. The number of aryl methyl sites for hydroxylation is 1. The van der Waals surface area contributed by atoms with Gasteiger partial charge >= 0.3 is 0 Å². The Bertz CT molecular complexity index is 804. The van der Waals surface area contributed by atoms with Gasteiger partial charge in [-0.1, -0.05) is 30.3 Å². The van der Waals surface area contributed by atoms with E-state index >= 15 is 0 Å². The van der Waals surface area contributed by atoms with Gasteiger partial charge in [0.2, 0.25) is 5.91 Å². The average molecular weight is 366 g/mol. The number of carbonyl (C=O) groups is 1. The van der Waals surface area contributed by atoms with Crippen LogP contribution in [0.3, 0.4) is 0 Å². The van der Waals surface area contributed by atoms with Gasteiger partial charge in [-0.15, -0.1) is 0 Å². The molecular formula is C23H31N3O. The van der Waals surface area contributed by atoms with Crippen LogP contribution < -0.4 is 0 Å². The lowest BCUT2D eigenvalue weighted by Crippen LogP contribution is -2.45. The largest absolute Gasteiger partial charge is 0.342 e. The molecule has 1 atom stereocenters. The van der Waals surface area contributed by atoms with E-state index < -0.39 is 0 Å². The maximum absolute atomic E-state index is 13.4. The Balaban J connectivity index is 1.47. The van der Waals surface area contributed by atoms with Crippen LogP contribution in [0.1, 0.15) is 62.7 Å². The summed E-state index contributed by atoms with van der Waals surface area (Å²) in [5.74, 6) is 2.03. The van der Waals surface area contributed by atoms with Crippen molar-refractivity contribution in [2.45, 2.75) is 64.3 Å². The Labute approximate surface area is 162 Å². The minimum Gasteiger partial charge on any atom is -0.342 e. The molecule has 4 heteroatoms. The quantitative estimate of drug-likeness (QED) is 0.793. The van der Waals surface area contributed by atoms with Gasteiger partial charge in [0.1, 0.15) is 5.82 Å². The number of likely N-dealkylation sites (tertiary alicyclic amines) is 1. The van der Waals surface area contributed by atoms with E-state index in [0.717, 1.165) is 38.8 Å². The second-order valence-electron chi connectivity index (χ2n) is 8.69. The summed E-state index contributed by atoms with van der Waals surface area (Å²) in [6.45, 7) is 8.33. The van der Waals surface area contributed by atoms with Crippen molar-refractivity contribution in [1.29, 1.82) is 0 Å². The number of carbonyl (C=O) groups excluding carboxylic acids is 1. The lowest BCUT2D eigenvalue weighted by atomic mass is 9.90. The molecule has 0 spiro atoms. The molecule has 4 rings (SSSR count). The molecule has 2 heterocycles. The summed E-state index contributed by atoms with van der Waals surface area (Å²) < 4.78 is 2.34. The number of hydrogen-bond acceptors (Lipinski definition) is 2. The van der Waals surface area contributed by atoms with Crippen LogP contribution in [-0.2, 0) is 16.6 Å². The van der Waals surface area contributed by atoms with E-state index in [2.05, 4.69) is 59.5 Å². The SMILES string of the molecule is Cc1cnc(CC2CCCN(C(=O)C3(c4ccccc4)CC3)C2)n1C(C)C. The number of amides is 1. The van der Waals surface area contributed by atoms with Gasteiger partial charge in [-0.3, -0.25) is 4.79 Å². The Hall–Kier alpha value is -2.10. The van der Waals surface area contributed by atoms with Gasteiger partial charge in [0.05, 0.1) is 5.41 Å². The smallest absolute Gasteiger partial charge is 0.233 e. The van der Waals surface area contributed by atoms with Crippen molar-refractivity contribution in [3.63, 3.8) is 0 Å². The molecule has 2 aliphatic rings. The van der Waals surface area contributed by atoms with Crippen LogP contribution in [0.25, 0.3) is 0 Å². The predicted molar refractivity (Wildman–Crippen MR) is 108 cm³/mol. The summed E-state index contributed by atoms with van der Waals surface area (Å²) in [6.07, 6.45) is 7.22. The average Bonchev–Trinajstić information content (AvgIpc) is 3.41. The fourth-order valence-corrected chi connectivity index (χ4v) is 4.84. The Kier molecular flexibility index (Phi) is 4.83. The van der Waals surface area contributed by atoms with Crippen LogP contribution in [0.2, 0.25) is 0 Å². The van der Waals surface area contributed by atoms with Crippen molar-refractivity contribution < 1.29 is 4.79 Å². The summed E-state index contributed by atoms with van der Waals surface area (Å²) in [4.78, 5) is 20.2. The van der Waals surface area contributed by atoms with Gasteiger partial charge in [-0.25, -0.2) is 4.98 Å². The summed E-state index contributed by atoms with van der Waals surface area (Å²) in [5.41, 5.74) is 2.18. The molecule has 2 aromatic rings. The molecule has 1 aromatic heterocycles. The van der Waals surface area contributed by atoms with Gasteiger partial charge in [-0.2, -0.15) is 0 Å². The molecule has 1 saturated carbocycles. The standard InChI is InChI=1S/C23H31N3O/c1-17(2)26-18(3)15-24-21(26)14-19-8-7-13-25(16-19)22(27)23(11-12-23)20-9-5-4-6-10-20/h4-6,9-10,15,17,19H,7-8,11-14,16H2,1-3H3. The first kappa shape index (κ1) is 18.3. The van der Waals surface area contributed by atoms with E-state index in [1.165, 1.54) is 23.5 Å². The molecule has 0 bridgehead atoms. The Morgan fingerprint density at radius 3 is 2.67 bits per heavy atom. The van der Waals surface area contributed by atoms with Crippen LogP contribution in [0.5, 0.6) is 0 Å². The first-order valence-electron chi connectivity index (χ1n) is 10.4. The van der Waals surface area contributed by atoms with Crippen molar-refractivity contribution in [3.8, 4) is 0 Å². The van der Waals surface area contributed by atoms with Gasteiger partial charge in [-0.05, 0) is 57.9 Å². The molecule has 1 aliphatic carbocycles. The number of piperidine rings is 1. The highest BCUT2D eigenvalue weighted by molar-refractivity contribution is 5.91. The maximum atomic E-state index is 13.4. The molecule has 2 fully saturated rings. The zero-order valence-electron chi connectivity index (χ0n) is 16.8. The zero-order valence-corrected chi connectivity index (χ0v) is 16.8. The van der Waals surface area contributed by atoms with E-state index in [4.69, 9.17) is 0 Å². The first-order valence-corrected chi connectivity index (χ1v) is 10.4. The molecule has 1 aromatic carbocycles. The van der Waals surface area contributed by atoms with Crippen LogP contribution in [0.4, 0.5) is 0 Å². The first-order chi connectivity index (χ1) is 13.0. The monoisotopic (exact) mass is 365 g/mol. The van der Waals surface area contributed by atoms with Crippen molar-refractivity contribution in [2.24, 2.45) is 5.92 Å². The van der Waals surface area contributed by atoms with Crippen molar-refractivity contribution in [2.75, 3.05) is 13.1 Å². The molecule has 27 heavy (non-hydrogen) atoms. The molecule has 4 nitrogen and oxygen atoms in total. The number of benzene rings is 1. The number of hydrogen-bond donors (Lipinski definition) is 0. The second-order valence-corrected chi connectivity index (χ2v) is 8.69. The van der Waals surface area contributed by atoms with Gasteiger partial charge in [0.25, 0.3) is 0 Å². The summed E-state index contributed by atoms with van der Waals surface area (Å²) in [5, 5.41) is 0. The minimum atomic E-state index is -0.240. The Morgan fingerprint density at radius 1 is 1.26 bits per heavy atom. The lowest BCUT2D eigenvalue weighted by molar-refractivity contribution is -0.135. The molecule has 1 amide bonds. The highest BCUT2D eigenvalue weighted by Crippen LogP contribution is 2.50. The van der Waals surface area contributed by atoms with Crippen molar-refractivity contribution in [1.82, 2.24) is 14.5 Å². The molecule has 0 N–H and O–H groups in total. The third kappa shape index (κ3) is 3.42. The van der Waals surface area contributed by atoms with Crippen molar-refractivity contribution in [3.05, 3.63) is 53.6 Å². The predicted octanol–water partition coefficient (Wildman–Crippen LogP) is 4.29. The minimum absolute atomic E-state index is 0.240. The van der Waals surface area contributed by atoms with Gasteiger partial charge < -0.3 is 9.47 Å². The van der Waals surface area contributed by atoms with Crippen LogP contribution in [0, 0.1) is 12.8 Å². The van der Waals surface area contributed by atoms with E-state index in [9.17, 15) is 4.79 Å². The lowest BCUT2D eigenvalue weighted by Gasteiger charge is -2.35. The summed E-state index contributed by atoms with van der Waals surface area (Å²) in [7, 11) is 0. The highest BCUT2D eigenvalue weighted by atomic mass is 16.2. The van der Waals surface area contributed by atoms with Crippen LogP contribution in [-0.4, -0.2) is 33.4 Å². The molecule has 1 unspecified atom stereocenters. The Morgan fingerprint density at radius 2 is 2.00 bits per heavy atom. The van der Waals surface area contributed by atoms with E-state index in [0.29, 0.717) is 17.9 Å². The topological polar surface area (TPSA) is 38.1 Å². The van der Waals surface area contributed by atoms with E-state index in [-0.39, 0.29) is 5.41 Å². The third-order valence-electron chi connectivity index (χ3n) is 6.34. The highest BCUT2D eigenvalue weighted by Gasteiger charge is 2.53. The zero-order chi connectivity index (χ0) is 19.0. The van der Waals surface area contributed by atoms with Crippen LogP contribution in [0.15, 0.2) is 36.5 Å². The normalized spacial score (nSPS) is 21.5. The number of nitrogens with zero attached hydrogens (tertiary/aromatic N) is 3. The number of imidazole rings is 1. The van der Waals surface area contributed by atoms with Gasteiger partial charge in [0.15, 0.2) is 0 Å². The third-order valence-corrected chi connectivity index (χ3v) is 6.34. The molecular weight excluding hydrogens is 334 g/mol.